The quantitative estimate of drug-likeness (QED) is 0.198. The molecule has 4 aromatic rings. The number of sulfonamides is 1. The number of aryl methyl sites for hydroxylation is 1. The molecular weight excluding hydrogens is 629 g/mol. The molecule has 0 saturated carbocycles. The van der Waals surface area contributed by atoms with Crippen LogP contribution in [0.15, 0.2) is 102 Å². The summed E-state index contributed by atoms with van der Waals surface area (Å²) in [5, 5.41) is 3.56. The summed E-state index contributed by atoms with van der Waals surface area (Å²) in [5.41, 5.74) is 2.06. The van der Waals surface area contributed by atoms with E-state index >= 15 is 0 Å². The summed E-state index contributed by atoms with van der Waals surface area (Å²) in [6.07, 6.45) is 0.163. The molecule has 0 aromatic heterocycles. The second-order valence-electron chi connectivity index (χ2n) is 9.80. The first-order chi connectivity index (χ1) is 20.5. The Morgan fingerprint density at radius 3 is 2.05 bits per heavy atom. The summed E-state index contributed by atoms with van der Waals surface area (Å²) in [7, 11) is -2.77. The van der Waals surface area contributed by atoms with E-state index in [1.54, 1.807) is 55.5 Å². The third kappa shape index (κ3) is 7.70. The highest BCUT2D eigenvalue weighted by Gasteiger charge is 2.35. The number of amides is 2. The van der Waals surface area contributed by atoms with Crippen molar-refractivity contribution in [2.24, 2.45) is 0 Å². The fraction of sp³-hybridized carbons (Fsp3) is 0.188. The lowest BCUT2D eigenvalue weighted by atomic mass is 10.0. The van der Waals surface area contributed by atoms with Crippen LogP contribution in [0.3, 0.4) is 0 Å². The lowest BCUT2D eigenvalue weighted by Gasteiger charge is -2.34. The number of halogens is 3. The highest BCUT2D eigenvalue weighted by molar-refractivity contribution is 7.92. The van der Waals surface area contributed by atoms with Gasteiger partial charge in [0, 0.05) is 40.6 Å². The van der Waals surface area contributed by atoms with E-state index in [0.717, 1.165) is 9.87 Å². The van der Waals surface area contributed by atoms with E-state index in [9.17, 15) is 18.0 Å². The van der Waals surface area contributed by atoms with Crippen molar-refractivity contribution in [3.63, 3.8) is 0 Å². The zero-order chi connectivity index (χ0) is 31.1. The van der Waals surface area contributed by atoms with Gasteiger partial charge in [0.25, 0.3) is 10.0 Å². The van der Waals surface area contributed by atoms with Gasteiger partial charge >= 0.3 is 0 Å². The Balaban J connectivity index is 1.85. The summed E-state index contributed by atoms with van der Waals surface area (Å²) in [6.45, 7) is 0.965. The number of hydrogen-bond donors (Lipinski definition) is 1. The van der Waals surface area contributed by atoms with E-state index in [4.69, 9.17) is 34.8 Å². The number of hydrogen-bond acceptors (Lipinski definition) is 4. The van der Waals surface area contributed by atoms with E-state index in [-0.39, 0.29) is 23.5 Å². The van der Waals surface area contributed by atoms with Gasteiger partial charge in [0.05, 0.1) is 10.6 Å². The normalized spacial score (nSPS) is 11.9. The molecule has 4 aromatic carbocycles. The molecule has 0 unspecified atom stereocenters. The van der Waals surface area contributed by atoms with Crippen LogP contribution >= 0.6 is 34.8 Å². The van der Waals surface area contributed by atoms with Crippen LogP contribution in [-0.2, 0) is 32.6 Å². The van der Waals surface area contributed by atoms with Gasteiger partial charge < -0.3 is 10.2 Å². The third-order valence-electron chi connectivity index (χ3n) is 6.96. The Morgan fingerprint density at radius 1 is 0.837 bits per heavy atom. The maximum atomic E-state index is 14.4. The Hall–Kier alpha value is -3.56. The molecule has 0 heterocycles. The summed E-state index contributed by atoms with van der Waals surface area (Å²) < 4.78 is 29.1. The van der Waals surface area contributed by atoms with Crippen molar-refractivity contribution in [2.45, 2.75) is 30.8 Å². The predicted molar refractivity (Wildman–Crippen MR) is 172 cm³/mol. The second-order valence-corrected chi connectivity index (χ2v) is 12.9. The van der Waals surface area contributed by atoms with Gasteiger partial charge in [0.2, 0.25) is 11.8 Å². The molecule has 0 aliphatic heterocycles. The van der Waals surface area contributed by atoms with Crippen LogP contribution in [-0.4, -0.2) is 44.8 Å². The maximum absolute atomic E-state index is 14.4. The van der Waals surface area contributed by atoms with Crippen LogP contribution in [0.2, 0.25) is 15.1 Å². The average Bonchev–Trinajstić information content (AvgIpc) is 3.00. The lowest BCUT2D eigenvalue weighted by Crippen LogP contribution is -2.53. The molecule has 2 amide bonds. The van der Waals surface area contributed by atoms with Crippen LogP contribution in [0.4, 0.5) is 5.69 Å². The monoisotopic (exact) mass is 657 g/mol. The largest absolute Gasteiger partial charge is 0.357 e. The lowest BCUT2D eigenvalue weighted by molar-refractivity contribution is -0.139. The highest BCUT2D eigenvalue weighted by atomic mass is 35.5. The van der Waals surface area contributed by atoms with Crippen molar-refractivity contribution in [3.05, 3.63) is 129 Å². The van der Waals surface area contributed by atoms with Gasteiger partial charge in [-0.1, -0.05) is 95.5 Å². The first-order valence-electron chi connectivity index (χ1n) is 13.3. The molecule has 224 valence electrons. The summed E-state index contributed by atoms with van der Waals surface area (Å²) in [6, 6.07) is 25.8. The van der Waals surface area contributed by atoms with Crippen LogP contribution in [0, 0.1) is 6.92 Å². The average molecular weight is 659 g/mol. The number of rotatable bonds is 11. The molecular formula is C32H30Cl3N3O4S. The number of nitrogens with zero attached hydrogens (tertiary/aromatic N) is 2. The SMILES string of the molecule is CNC(=O)[C@@H](Cc1ccccc1)N(Cc1c(Cl)cccc1Cl)C(=O)CN(c1cc(Cl)ccc1C)S(=O)(=O)c1ccccc1. The van der Waals surface area contributed by atoms with E-state index in [1.165, 1.54) is 30.1 Å². The number of likely N-dealkylation sites (N-methyl/N-ethyl adjacent to an activating group) is 1. The first kappa shape index (κ1) is 32.4. The number of benzene rings is 4. The van der Waals surface area contributed by atoms with E-state index in [1.807, 2.05) is 30.3 Å². The molecule has 11 heteroatoms. The molecule has 1 atom stereocenters. The minimum absolute atomic E-state index is 0.00462. The van der Waals surface area contributed by atoms with E-state index in [0.29, 0.717) is 26.2 Å². The molecule has 0 aliphatic carbocycles. The Morgan fingerprint density at radius 2 is 1.44 bits per heavy atom. The molecule has 43 heavy (non-hydrogen) atoms. The molecule has 0 fully saturated rings. The zero-order valence-corrected chi connectivity index (χ0v) is 26.6. The minimum atomic E-state index is -4.25. The molecule has 4 rings (SSSR count). The van der Waals surface area contributed by atoms with Crippen LogP contribution < -0.4 is 9.62 Å². The molecule has 1 N–H and O–H groups in total. The van der Waals surface area contributed by atoms with E-state index < -0.39 is 34.4 Å². The Labute approximate surface area is 267 Å². The first-order valence-corrected chi connectivity index (χ1v) is 15.9. The van der Waals surface area contributed by atoms with Gasteiger partial charge in [-0.3, -0.25) is 13.9 Å². The number of carbonyl (C=O) groups excluding carboxylic acids is 2. The molecule has 0 saturated heterocycles. The molecule has 0 bridgehead atoms. The summed E-state index contributed by atoms with van der Waals surface area (Å²) >= 11 is 19.3. The minimum Gasteiger partial charge on any atom is -0.357 e. The number of nitrogens with one attached hydrogen (secondary N) is 1. The van der Waals surface area contributed by atoms with Crippen molar-refractivity contribution < 1.29 is 18.0 Å². The highest BCUT2D eigenvalue weighted by Crippen LogP contribution is 2.31. The smallest absolute Gasteiger partial charge is 0.264 e. The second kappa shape index (κ2) is 14.3. The summed E-state index contributed by atoms with van der Waals surface area (Å²) in [5.74, 6) is -1.07. The van der Waals surface area contributed by atoms with E-state index in [2.05, 4.69) is 5.32 Å². The predicted octanol–water partition coefficient (Wildman–Crippen LogP) is 6.54. The summed E-state index contributed by atoms with van der Waals surface area (Å²) in [4.78, 5) is 29.1. The van der Waals surface area contributed by atoms with Crippen molar-refractivity contribution in [1.82, 2.24) is 10.2 Å². The maximum Gasteiger partial charge on any atom is 0.264 e. The molecule has 0 spiro atoms. The molecule has 0 radical (unpaired) electrons. The fourth-order valence-corrected chi connectivity index (χ4v) is 6.83. The van der Waals surface area contributed by atoms with Crippen LogP contribution in [0.1, 0.15) is 16.7 Å². The number of anilines is 1. The fourth-order valence-electron chi connectivity index (χ4n) is 4.66. The van der Waals surface area contributed by atoms with Gasteiger partial charge in [0.15, 0.2) is 0 Å². The van der Waals surface area contributed by atoms with Crippen LogP contribution in [0.5, 0.6) is 0 Å². The van der Waals surface area contributed by atoms with Crippen LogP contribution in [0.25, 0.3) is 0 Å². The van der Waals surface area contributed by atoms with Gasteiger partial charge in [-0.2, -0.15) is 0 Å². The van der Waals surface area contributed by atoms with Gasteiger partial charge in [-0.25, -0.2) is 8.42 Å². The topological polar surface area (TPSA) is 86.8 Å². The van der Waals surface area contributed by atoms with Crippen molar-refractivity contribution in [3.8, 4) is 0 Å². The number of carbonyl (C=O) groups is 2. The van der Waals surface area contributed by atoms with Gasteiger partial charge in [-0.15, -0.1) is 0 Å². The van der Waals surface area contributed by atoms with Crippen molar-refractivity contribution in [2.75, 3.05) is 17.9 Å². The third-order valence-corrected chi connectivity index (χ3v) is 9.67. The van der Waals surface area contributed by atoms with Gasteiger partial charge in [-0.05, 0) is 54.4 Å². The Bertz CT molecular complexity index is 1680. The van der Waals surface area contributed by atoms with Crippen molar-refractivity contribution in [1.29, 1.82) is 0 Å². The van der Waals surface area contributed by atoms with Crippen molar-refractivity contribution >= 4 is 62.3 Å². The van der Waals surface area contributed by atoms with Gasteiger partial charge in [0.1, 0.15) is 12.6 Å². The molecule has 0 aliphatic rings. The standard InChI is InChI=1S/C32H30Cl3N3O4S/c1-22-16-17-24(33)19-29(22)38(43(41,42)25-12-7-4-8-13-25)21-31(39)37(20-26-27(34)14-9-15-28(26)35)30(32(40)36-2)18-23-10-5-3-6-11-23/h3-17,19,30H,18,20-21H2,1-2H3,(H,36,40)/t30-/m1/s1. The molecule has 7 nitrogen and oxygen atoms in total. The Kier molecular flexibility index (Phi) is 10.7. The zero-order valence-electron chi connectivity index (χ0n) is 23.5.